The number of aliphatic hydroxyl groups excluding tert-OH is 1. The van der Waals surface area contributed by atoms with Crippen LogP contribution < -0.4 is 5.32 Å². The molecule has 0 spiro atoms. The van der Waals surface area contributed by atoms with E-state index in [4.69, 9.17) is 0 Å². The molecule has 1 aromatic rings. The minimum atomic E-state index is -0.158. The number of rotatable bonds is 9. The minimum absolute atomic E-state index is 0.158. The molecule has 0 aliphatic rings. The second kappa shape index (κ2) is 7.65. The first kappa shape index (κ1) is 16.2. The first-order valence-corrected chi connectivity index (χ1v) is 7.39. The van der Waals surface area contributed by atoms with Gasteiger partial charge < -0.3 is 15.0 Å². The summed E-state index contributed by atoms with van der Waals surface area (Å²) in [6.45, 7) is 10.7. The Morgan fingerprint density at radius 1 is 1.47 bits per heavy atom. The number of nitrogens with one attached hydrogen (secondary N) is 1. The molecule has 1 rings (SSSR count). The lowest BCUT2D eigenvalue weighted by Crippen LogP contribution is -2.46. The Hall–Kier alpha value is -0.870. The van der Waals surface area contributed by atoms with Gasteiger partial charge in [0.05, 0.1) is 6.61 Å². The largest absolute Gasteiger partial charge is 0.394 e. The van der Waals surface area contributed by atoms with Gasteiger partial charge in [0.15, 0.2) is 0 Å². The van der Waals surface area contributed by atoms with E-state index in [0.29, 0.717) is 5.92 Å². The number of imidazole rings is 1. The molecule has 19 heavy (non-hydrogen) atoms. The van der Waals surface area contributed by atoms with Crippen LogP contribution in [-0.4, -0.2) is 33.3 Å². The number of hydrogen-bond acceptors (Lipinski definition) is 3. The van der Waals surface area contributed by atoms with Crippen LogP contribution >= 0.6 is 0 Å². The summed E-state index contributed by atoms with van der Waals surface area (Å²) in [5, 5.41) is 13.0. The average Bonchev–Trinajstić information content (AvgIpc) is 2.85. The van der Waals surface area contributed by atoms with E-state index in [1.165, 1.54) is 0 Å². The van der Waals surface area contributed by atoms with E-state index in [9.17, 15) is 5.11 Å². The predicted octanol–water partition coefficient (Wildman–Crippen LogP) is 2.54. The molecule has 0 aliphatic carbocycles. The summed E-state index contributed by atoms with van der Waals surface area (Å²) < 4.78 is 2.22. The molecular weight excluding hydrogens is 238 g/mol. The molecule has 1 aromatic heterocycles. The Balaban J connectivity index is 2.45. The Morgan fingerprint density at radius 3 is 2.79 bits per heavy atom. The van der Waals surface area contributed by atoms with Crippen LogP contribution in [0.4, 0.5) is 0 Å². The fourth-order valence-corrected chi connectivity index (χ4v) is 2.30. The molecule has 0 fully saturated rings. The standard InChI is InChI=1S/C15H29N3O/c1-5-8-17-15(4,12-19)7-6-10-18-11-9-16-14(18)13(2)3/h9,11,13,17,19H,5-8,10,12H2,1-4H3. The third kappa shape index (κ3) is 4.96. The van der Waals surface area contributed by atoms with Gasteiger partial charge in [0.2, 0.25) is 0 Å². The highest BCUT2D eigenvalue weighted by atomic mass is 16.3. The first-order valence-electron chi connectivity index (χ1n) is 7.39. The number of aryl methyl sites for hydroxylation is 1. The van der Waals surface area contributed by atoms with E-state index < -0.39 is 0 Å². The van der Waals surface area contributed by atoms with Crippen molar-refractivity contribution in [3.8, 4) is 0 Å². The van der Waals surface area contributed by atoms with E-state index in [2.05, 4.69) is 42.6 Å². The maximum atomic E-state index is 9.53. The summed E-state index contributed by atoms with van der Waals surface area (Å²) in [6.07, 6.45) is 7.03. The summed E-state index contributed by atoms with van der Waals surface area (Å²) in [5.41, 5.74) is -0.158. The SMILES string of the molecule is CCCNC(C)(CO)CCCn1ccnc1C(C)C. The molecule has 0 radical (unpaired) electrons. The lowest BCUT2D eigenvalue weighted by molar-refractivity contribution is 0.162. The van der Waals surface area contributed by atoms with Crippen molar-refractivity contribution in [2.24, 2.45) is 0 Å². The Morgan fingerprint density at radius 2 is 2.21 bits per heavy atom. The molecule has 4 nitrogen and oxygen atoms in total. The zero-order valence-corrected chi connectivity index (χ0v) is 12.8. The molecule has 0 aromatic carbocycles. The minimum Gasteiger partial charge on any atom is -0.394 e. The van der Waals surface area contributed by atoms with Crippen LogP contribution in [-0.2, 0) is 6.54 Å². The fraction of sp³-hybridized carbons (Fsp3) is 0.800. The van der Waals surface area contributed by atoms with E-state index in [0.717, 1.165) is 38.2 Å². The Bertz CT molecular complexity index is 362. The van der Waals surface area contributed by atoms with E-state index in [-0.39, 0.29) is 12.1 Å². The zero-order valence-electron chi connectivity index (χ0n) is 12.8. The topological polar surface area (TPSA) is 50.1 Å². The van der Waals surface area contributed by atoms with Crippen molar-refractivity contribution in [3.63, 3.8) is 0 Å². The summed E-state index contributed by atoms with van der Waals surface area (Å²) >= 11 is 0. The average molecular weight is 267 g/mol. The van der Waals surface area contributed by atoms with Gasteiger partial charge in [0, 0.05) is 30.4 Å². The van der Waals surface area contributed by atoms with Crippen LogP contribution in [0.3, 0.4) is 0 Å². The smallest absolute Gasteiger partial charge is 0.111 e. The summed E-state index contributed by atoms with van der Waals surface area (Å²) in [4.78, 5) is 4.40. The van der Waals surface area contributed by atoms with Crippen molar-refractivity contribution in [2.45, 2.75) is 65.0 Å². The molecule has 1 atom stereocenters. The number of nitrogens with zero attached hydrogens (tertiary/aromatic N) is 2. The normalized spacial score (nSPS) is 14.8. The molecule has 1 heterocycles. The number of aliphatic hydroxyl groups is 1. The van der Waals surface area contributed by atoms with E-state index >= 15 is 0 Å². The third-order valence-electron chi connectivity index (χ3n) is 3.54. The molecule has 0 saturated heterocycles. The van der Waals surface area contributed by atoms with Crippen LogP contribution in [0, 0.1) is 0 Å². The quantitative estimate of drug-likeness (QED) is 0.723. The molecular formula is C15H29N3O. The van der Waals surface area contributed by atoms with Gasteiger partial charge in [-0.25, -0.2) is 4.98 Å². The highest BCUT2D eigenvalue weighted by Crippen LogP contribution is 2.16. The monoisotopic (exact) mass is 267 g/mol. The molecule has 0 saturated carbocycles. The summed E-state index contributed by atoms with van der Waals surface area (Å²) in [7, 11) is 0. The van der Waals surface area contributed by atoms with Gasteiger partial charge in [-0.2, -0.15) is 0 Å². The molecule has 2 N–H and O–H groups in total. The highest BCUT2D eigenvalue weighted by molar-refractivity contribution is 4.97. The van der Waals surface area contributed by atoms with Gasteiger partial charge in [-0.05, 0) is 32.7 Å². The maximum absolute atomic E-state index is 9.53. The van der Waals surface area contributed by atoms with E-state index in [1.807, 2.05) is 12.4 Å². The van der Waals surface area contributed by atoms with Crippen LogP contribution in [0.25, 0.3) is 0 Å². The van der Waals surface area contributed by atoms with E-state index in [1.54, 1.807) is 0 Å². The molecule has 0 amide bonds. The molecule has 0 aliphatic heterocycles. The Kier molecular flexibility index (Phi) is 6.52. The predicted molar refractivity (Wildman–Crippen MR) is 79.3 cm³/mol. The van der Waals surface area contributed by atoms with Crippen molar-refractivity contribution in [2.75, 3.05) is 13.2 Å². The highest BCUT2D eigenvalue weighted by Gasteiger charge is 2.21. The third-order valence-corrected chi connectivity index (χ3v) is 3.54. The van der Waals surface area contributed by atoms with Gasteiger partial charge >= 0.3 is 0 Å². The zero-order chi connectivity index (χ0) is 14.3. The lowest BCUT2D eigenvalue weighted by atomic mass is 9.96. The summed E-state index contributed by atoms with van der Waals surface area (Å²) in [6, 6.07) is 0. The number of aromatic nitrogens is 2. The van der Waals surface area contributed by atoms with Gasteiger partial charge in [0.25, 0.3) is 0 Å². The molecule has 4 heteroatoms. The van der Waals surface area contributed by atoms with Gasteiger partial charge in [-0.15, -0.1) is 0 Å². The van der Waals surface area contributed by atoms with Gasteiger partial charge in [0.1, 0.15) is 5.82 Å². The van der Waals surface area contributed by atoms with Gasteiger partial charge in [-0.3, -0.25) is 0 Å². The second-order valence-electron chi connectivity index (χ2n) is 5.88. The van der Waals surface area contributed by atoms with Crippen LogP contribution in [0.1, 0.15) is 58.7 Å². The first-order chi connectivity index (χ1) is 9.02. The molecule has 0 bridgehead atoms. The fourth-order valence-electron chi connectivity index (χ4n) is 2.30. The Labute approximate surface area is 117 Å². The van der Waals surface area contributed by atoms with Crippen molar-refractivity contribution >= 4 is 0 Å². The van der Waals surface area contributed by atoms with Crippen molar-refractivity contribution < 1.29 is 5.11 Å². The van der Waals surface area contributed by atoms with Gasteiger partial charge in [-0.1, -0.05) is 20.8 Å². The van der Waals surface area contributed by atoms with Crippen LogP contribution in [0.15, 0.2) is 12.4 Å². The van der Waals surface area contributed by atoms with Crippen molar-refractivity contribution in [3.05, 3.63) is 18.2 Å². The van der Waals surface area contributed by atoms with Crippen molar-refractivity contribution in [1.29, 1.82) is 0 Å². The lowest BCUT2D eigenvalue weighted by Gasteiger charge is -2.29. The van der Waals surface area contributed by atoms with Crippen LogP contribution in [0.5, 0.6) is 0 Å². The molecule has 110 valence electrons. The summed E-state index contributed by atoms with van der Waals surface area (Å²) in [5.74, 6) is 1.60. The maximum Gasteiger partial charge on any atom is 0.111 e. The van der Waals surface area contributed by atoms with Crippen molar-refractivity contribution in [1.82, 2.24) is 14.9 Å². The van der Waals surface area contributed by atoms with Crippen LogP contribution in [0.2, 0.25) is 0 Å². The second-order valence-corrected chi connectivity index (χ2v) is 5.88. The molecule has 1 unspecified atom stereocenters. The number of hydrogen-bond donors (Lipinski definition) is 2.